The molecule has 2 amide bonds. The number of carbonyl (C=O) groups excluding carboxylic acids is 2. The van der Waals surface area contributed by atoms with Gasteiger partial charge in [-0.15, -0.1) is 0 Å². The fourth-order valence-electron chi connectivity index (χ4n) is 5.51. The Kier molecular flexibility index (Phi) is 12.2. The van der Waals surface area contributed by atoms with Gasteiger partial charge in [0.2, 0.25) is 5.91 Å². The van der Waals surface area contributed by atoms with E-state index in [9.17, 15) is 18.9 Å². The molecule has 12 heteroatoms. The second-order valence-corrected chi connectivity index (χ2v) is 14.6. The molecule has 0 unspecified atom stereocenters. The van der Waals surface area contributed by atoms with Crippen LogP contribution in [0.15, 0.2) is 64.0 Å². The van der Waals surface area contributed by atoms with E-state index < -0.39 is 19.3 Å². The molecule has 0 fully saturated rings. The number of amides is 2. The van der Waals surface area contributed by atoms with Crippen LogP contribution in [-0.2, 0) is 29.4 Å². The Bertz CT molecular complexity index is 1810. The number of fused-ring (bicyclic) bond motifs is 2. The topological polar surface area (TPSA) is 129 Å². The molecule has 258 valence electrons. The molecule has 0 radical (unpaired) electrons. The van der Waals surface area contributed by atoms with Crippen molar-refractivity contribution in [1.29, 1.82) is 0 Å². The number of benzene rings is 2. The van der Waals surface area contributed by atoms with Crippen LogP contribution in [0.2, 0.25) is 0 Å². The zero-order valence-corrected chi connectivity index (χ0v) is 29.9. The van der Waals surface area contributed by atoms with Crippen LogP contribution in [-0.4, -0.2) is 59.2 Å². The number of hydrogen-bond donors (Lipinski definition) is 1. The molecule has 4 rings (SSSR count). The molecule has 0 bridgehead atoms. The molecule has 3 aromatic rings. The summed E-state index contributed by atoms with van der Waals surface area (Å²) in [4.78, 5) is 46.5. The van der Waals surface area contributed by atoms with Crippen LogP contribution in [0, 0.1) is 0 Å². The van der Waals surface area contributed by atoms with Gasteiger partial charge in [0.15, 0.2) is 0 Å². The third kappa shape index (κ3) is 9.30. The first-order valence-corrected chi connectivity index (χ1v) is 18.3. The molecule has 11 nitrogen and oxygen atoms in total. The number of nitrogens with zero attached hydrogens (tertiary/aromatic N) is 3. The number of carbonyl (C=O) groups is 2. The smallest absolute Gasteiger partial charge is 0.413 e. The van der Waals surface area contributed by atoms with Crippen molar-refractivity contribution < 1.29 is 27.9 Å². The molecule has 0 saturated carbocycles. The van der Waals surface area contributed by atoms with E-state index in [1.165, 1.54) is 4.57 Å². The minimum Gasteiger partial charge on any atom is -0.444 e. The van der Waals surface area contributed by atoms with Gasteiger partial charge in [0.25, 0.3) is 5.56 Å². The van der Waals surface area contributed by atoms with E-state index in [-0.39, 0.29) is 37.4 Å². The summed E-state index contributed by atoms with van der Waals surface area (Å²) in [6.07, 6.45) is 4.41. The van der Waals surface area contributed by atoms with E-state index >= 15 is 0 Å². The molecule has 0 saturated heterocycles. The van der Waals surface area contributed by atoms with Crippen LogP contribution in [0.3, 0.4) is 0 Å². The predicted octanol–water partition coefficient (Wildman–Crippen LogP) is 7.88. The van der Waals surface area contributed by atoms with Gasteiger partial charge >= 0.3 is 13.7 Å². The fourth-order valence-corrected chi connectivity index (χ4v) is 7.13. The average Bonchev–Trinajstić information content (AvgIpc) is 3.19. The standard InChI is InChI=1S/C36H47N4O7P/c1-8-17-39(18-9-2)33(41)29-21-28-13-12-26(22-31(28)37-32(23-29)38-35(43)47-36(5,6)7)25-14-15-30-27(20-25)16-19-40(34(30)42)24-48(44,45-10-3)46-11-4/h12-16,19-22H,8-11,17-18,23-24H2,1-7H3,(H,37,38,43). The van der Waals surface area contributed by atoms with Crippen molar-refractivity contribution in [2.24, 2.45) is 4.99 Å². The molecule has 48 heavy (non-hydrogen) atoms. The summed E-state index contributed by atoms with van der Waals surface area (Å²) >= 11 is 0. The van der Waals surface area contributed by atoms with Gasteiger partial charge in [0.05, 0.1) is 18.9 Å². The summed E-state index contributed by atoms with van der Waals surface area (Å²) in [5, 5.41) is 3.95. The second kappa shape index (κ2) is 15.9. The minimum atomic E-state index is -3.48. The van der Waals surface area contributed by atoms with Crippen molar-refractivity contribution in [3.8, 4) is 11.1 Å². The molecule has 0 spiro atoms. The van der Waals surface area contributed by atoms with E-state index in [0.29, 0.717) is 41.0 Å². The first kappa shape index (κ1) is 36.8. The van der Waals surface area contributed by atoms with Crippen LogP contribution in [0.4, 0.5) is 10.5 Å². The molecule has 0 atom stereocenters. The molecule has 0 aliphatic carbocycles. The Morgan fingerprint density at radius 2 is 1.60 bits per heavy atom. The summed E-state index contributed by atoms with van der Waals surface area (Å²) in [5.74, 6) is 0.219. The number of rotatable bonds is 12. The van der Waals surface area contributed by atoms with Crippen molar-refractivity contribution in [2.45, 2.75) is 79.6 Å². The number of alkyl carbamates (subject to hydrolysis) is 1. The minimum absolute atomic E-state index is 0.0895. The zero-order chi connectivity index (χ0) is 35.1. The van der Waals surface area contributed by atoms with Gasteiger partial charge in [-0.2, -0.15) is 0 Å². The molecule has 1 aliphatic rings. The first-order chi connectivity index (χ1) is 22.8. The number of nitrogens with one attached hydrogen (secondary N) is 1. The summed E-state index contributed by atoms with van der Waals surface area (Å²) < 4.78 is 30.7. The third-order valence-electron chi connectivity index (χ3n) is 7.46. The Balaban J connectivity index is 1.73. The van der Waals surface area contributed by atoms with E-state index in [0.717, 1.165) is 29.5 Å². The van der Waals surface area contributed by atoms with Gasteiger partial charge in [-0.3, -0.25) is 19.5 Å². The van der Waals surface area contributed by atoms with E-state index in [4.69, 9.17) is 18.8 Å². The maximum Gasteiger partial charge on any atom is 0.413 e. The largest absolute Gasteiger partial charge is 0.444 e. The van der Waals surface area contributed by atoms with Crippen molar-refractivity contribution in [2.75, 3.05) is 26.3 Å². The maximum absolute atomic E-state index is 13.7. The SMILES string of the molecule is CCCN(CCC)C(=O)C1=Cc2ccc(-c3ccc4c(=O)n(CP(=O)(OCC)OCC)ccc4c3)cc2N=C(NC(=O)OC(C)(C)C)C1. The summed E-state index contributed by atoms with van der Waals surface area (Å²) in [6, 6.07) is 13.0. The Labute approximate surface area is 282 Å². The highest BCUT2D eigenvalue weighted by Crippen LogP contribution is 2.49. The lowest BCUT2D eigenvalue weighted by molar-refractivity contribution is -0.127. The number of aromatic nitrogens is 1. The van der Waals surface area contributed by atoms with E-state index in [2.05, 4.69) is 5.32 Å². The highest BCUT2D eigenvalue weighted by atomic mass is 31.2. The van der Waals surface area contributed by atoms with Crippen molar-refractivity contribution in [3.63, 3.8) is 0 Å². The maximum atomic E-state index is 13.7. The fraction of sp³-hybridized carbons (Fsp3) is 0.444. The normalized spacial score (nSPS) is 13.3. The molecular formula is C36H47N4O7P. The van der Waals surface area contributed by atoms with Crippen molar-refractivity contribution in [3.05, 3.63) is 70.2 Å². The van der Waals surface area contributed by atoms with Gasteiger partial charge in [-0.25, -0.2) is 9.79 Å². The van der Waals surface area contributed by atoms with E-state index in [1.54, 1.807) is 52.9 Å². The van der Waals surface area contributed by atoms with Gasteiger partial charge in [0.1, 0.15) is 17.7 Å². The van der Waals surface area contributed by atoms with E-state index in [1.807, 2.05) is 55.2 Å². The van der Waals surface area contributed by atoms with Gasteiger partial charge in [-0.1, -0.05) is 32.0 Å². The number of amidine groups is 1. The third-order valence-corrected chi connectivity index (χ3v) is 9.41. The van der Waals surface area contributed by atoms with Gasteiger partial charge in [0, 0.05) is 42.2 Å². The zero-order valence-electron chi connectivity index (χ0n) is 29.0. The number of hydrogen-bond acceptors (Lipinski definition) is 8. The van der Waals surface area contributed by atoms with Gasteiger partial charge < -0.3 is 23.3 Å². The molecule has 2 aromatic carbocycles. The number of aliphatic imine (C=N–C) groups is 1. The summed E-state index contributed by atoms with van der Waals surface area (Å²) in [5.41, 5.74) is 2.52. The Morgan fingerprint density at radius 1 is 0.958 bits per heavy atom. The quantitative estimate of drug-likeness (QED) is 0.193. The molecule has 2 heterocycles. The predicted molar refractivity (Wildman–Crippen MR) is 191 cm³/mol. The average molecular weight is 679 g/mol. The molecule has 1 aromatic heterocycles. The van der Waals surface area contributed by atoms with Crippen LogP contribution < -0.4 is 10.9 Å². The lowest BCUT2D eigenvalue weighted by Crippen LogP contribution is -2.38. The monoisotopic (exact) mass is 678 g/mol. The highest BCUT2D eigenvalue weighted by molar-refractivity contribution is 7.52. The van der Waals surface area contributed by atoms with Crippen LogP contribution in [0.5, 0.6) is 0 Å². The van der Waals surface area contributed by atoms with Gasteiger partial charge in [-0.05, 0) is 94.3 Å². The second-order valence-electron chi connectivity index (χ2n) is 12.6. The Morgan fingerprint density at radius 3 is 2.23 bits per heavy atom. The number of pyridine rings is 1. The Hall–Kier alpha value is -4.05. The summed E-state index contributed by atoms with van der Waals surface area (Å²) in [7, 11) is -3.48. The lowest BCUT2D eigenvalue weighted by atomic mass is 9.99. The molecular weight excluding hydrogens is 631 g/mol. The number of ether oxygens (including phenoxy) is 1. The van der Waals surface area contributed by atoms with Crippen LogP contribution in [0.25, 0.3) is 28.0 Å². The molecule has 1 N–H and O–H groups in total. The highest BCUT2D eigenvalue weighted by Gasteiger charge is 2.26. The lowest BCUT2D eigenvalue weighted by Gasteiger charge is -2.23. The van der Waals surface area contributed by atoms with Crippen molar-refractivity contribution in [1.82, 2.24) is 14.8 Å². The first-order valence-electron chi connectivity index (χ1n) is 16.5. The molecule has 1 aliphatic heterocycles. The summed E-state index contributed by atoms with van der Waals surface area (Å²) in [6.45, 7) is 14.6. The van der Waals surface area contributed by atoms with Crippen molar-refractivity contribution >= 4 is 48.0 Å². The van der Waals surface area contributed by atoms with Crippen LogP contribution >= 0.6 is 7.60 Å². The van der Waals surface area contributed by atoms with Crippen LogP contribution in [0.1, 0.15) is 73.3 Å².